The molecule has 0 unspecified atom stereocenters. The van der Waals surface area contributed by atoms with E-state index in [1.807, 2.05) is 37.1 Å². The summed E-state index contributed by atoms with van der Waals surface area (Å²) in [6.45, 7) is 3.78. The second-order valence-electron chi connectivity index (χ2n) is 6.10. The maximum atomic E-state index is 12.2. The predicted molar refractivity (Wildman–Crippen MR) is 132 cm³/mol. The average molecular weight is 569 g/mol. The van der Waals surface area contributed by atoms with Gasteiger partial charge < -0.3 is 19.7 Å². The molecular formula is C19H29IN4O4S2. The van der Waals surface area contributed by atoms with E-state index in [0.29, 0.717) is 29.8 Å². The molecule has 0 aliphatic carbocycles. The molecule has 0 atom stereocenters. The molecule has 168 valence electrons. The minimum atomic E-state index is -3.47. The van der Waals surface area contributed by atoms with E-state index in [1.54, 1.807) is 31.7 Å². The minimum Gasteiger partial charge on any atom is -0.497 e. The number of guanidine groups is 1. The van der Waals surface area contributed by atoms with Crippen molar-refractivity contribution in [1.29, 1.82) is 0 Å². The second kappa shape index (κ2) is 13.0. The van der Waals surface area contributed by atoms with E-state index in [9.17, 15) is 8.42 Å². The van der Waals surface area contributed by atoms with E-state index in [1.165, 1.54) is 11.3 Å². The van der Waals surface area contributed by atoms with Crippen LogP contribution in [0.15, 0.2) is 44.9 Å². The summed E-state index contributed by atoms with van der Waals surface area (Å²) in [6, 6.07) is 8.97. The maximum absolute atomic E-state index is 12.2. The number of sulfonamides is 1. The fourth-order valence-corrected chi connectivity index (χ4v) is 4.67. The van der Waals surface area contributed by atoms with Crippen molar-refractivity contribution in [2.24, 2.45) is 4.99 Å². The lowest BCUT2D eigenvalue weighted by molar-refractivity contribution is 0.382. The first-order valence-electron chi connectivity index (χ1n) is 9.14. The summed E-state index contributed by atoms with van der Waals surface area (Å²) in [7, 11) is 1.68. The first kappa shape index (κ1) is 26.5. The molecule has 0 saturated carbocycles. The zero-order chi connectivity index (χ0) is 21.3. The largest absolute Gasteiger partial charge is 0.497 e. The molecule has 0 amide bonds. The Morgan fingerprint density at radius 3 is 2.60 bits per heavy atom. The minimum absolute atomic E-state index is 0. The van der Waals surface area contributed by atoms with Gasteiger partial charge in [0, 0.05) is 38.3 Å². The summed E-state index contributed by atoms with van der Waals surface area (Å²) in [4.78, 5) is 6.49. The van der Waals surface area contributed by atoms with Crippen LogP contribution in [0.2, 0.25) is 0 Å². The number of ether oxygens (including phenoxy) is 2. The third-order valence-electron chi connectivity index (χ3n) is 4.02. The van der Waals surface area contributed by atoms with Crippen molar-refractivity contribution in [1.82, 2.24) is 14.9 Å². The molecule has 2 N–H and O–H groups in total. The smallest absolute Gasteiger partial charge is 0.250 e. The number of rotatable bonds is 10. The molecular weight excluding hydrogens is 539 g/mol. The number of nitrogens with one attached hydrogen (secondary N) is 2. The molecule has 0 aliphatic heterocycles. The number of halogens is 1. The molecule has 0 bridgehead atoms. The quantitative estimate of drug-likeness (QED) is 0.198. The van der Waals surface area contributed by atoms with E-state index < -0.39 is 10.0 Å². The molecule has 0 radical (unpaired) electrons. The van der Waals surface area contributed by atoms with Gasteiger partial charge in [0.15, 0.2) is 5.96 Å². The molecule has 8 nitrogen and oxygen atoms in total. The number of hydrogen-bond donors (Lipinski definition) is 2. The summed E-state index contributed by atoms with van der Waals surface area (Å²) in [5, 5.41) is 4.96. The van der Waals surface area contributed by atoms with Crippen molar-refractivity contribution in [2.75, 3.05) is 40.9 Å². The fourth-order valence-electron chi connectivity index (χ4n) is 2.61. The molecule has 0 aliphatic rings. The summed E-state index contributed by atoms with van der Waals surface area (Å²) in [6.07, 6.45) is 0. The van der Waals surface area contributed by atoms with E-state index >= 15 is 0 Å². The van der Waals surface area contributed by atoms with E-state index in [-0.39, 0.29) is 30.5 Å². The van der Waals surface area contributed by atoms with Crippen molar-refractivity contribution in [3.8, 4) is 11.5 Å². The Labute approximate surface area is 199 Å². The van der Waals surface area contributed by atoms with Crippen LogP contribution in [0.1, 0.15) is 12.5 Å². The summed E-state index contributed by atoms with van der Waals surface area (Å²) in [5.41, 5.74) is 0.986. The lowest BCUT2D eigenvalue weighted by atomic mass is 10.2. The zero-order valence-corrected chi connectivity index (χ0v) is 21.5. The molecule has 0 saturated heterocycles. The van der Waals surface area contributed by atoms with Crippen molar-refractivity contribution in [2.45, 2.75) is 17.7 Å². The molecule has 2 rings (SSSR count). The Kier molecular flexibility index (Phi) is 11.4. The van der Waals surface area contributed by atoms with Crippen LogP contribution < -0.4 is 19.5 Å². The van der Waals surface area contributed by atoms with E-state index in [2.05, 4.69) is 15.0 Å². The molecule has 1 heterocycles. The fraction of sp³-hybridized carbons (Fsp3) is 0.421. The van der Waals surface area contributed by atoms with Gasteiger partial charge in [-0.25, -0.2) is 13.1 Å². The summed E-state index contributed by atoms with van der Waals surface area (Å²) < 4.78 is 37.9. The first-order valence-corrected chi connectivity index (χ1v) is 11.5. The van der Waals surface area contributed by atoms with Crippen LogP contribution in [0.5, 0.6) is 11.5 Å². The van der Waals surface area contributed by atoms with Crippen LogP contribution in [-0.4, -0.2) is 60.2 Å². The van der Waals surface area contributed by atoms with Crippen molar-refractivity contribution in [3.63, 3.8) is 0 Å². The predicted octanol–water partition coefficient (Wildman–Crippen LogP) is 2.76. The topological polar surface area (TPSA) is 92.3 Å². The van der Waals surface area contributed by atoms with Gasteiger partial charge in [0.25, 0.3) is 0 Å². The monoisotopic (exact) mass is 568 g/mol. The molecule has 30 heavy (non-hydrogen) atoms. The van der Waals surface area contributed by atoms with Crippen LogP contribution in [0.25, 0.3) is 0 Å². The number of thiophene rings is 1. The lowest BCUT2D eigenvalue weighted by Gasteiger charge is -2.23. The van der Waals surface area contributed by atoms with E-state index in [4.69, 9.17) is 9.47 Å². The van der Waals surface area contributed by atoms with Crippen molar-refractivity contribution >= 4 is 51.3 Å². The van der Waals surface area contributed by atoms with Crippen LogP contribution in [0.4, 0.5) is 0 Å². The molecule has 11 heteroatoms. The SMILES string of the molecule is CCNC(=NCCNS(=O)(=O)c1cccs1)N(C)Cc1ccc(OC)cc1OC.I. The van der Waals surface area contributed by atoms with Gasteiger partial charge in [0.2, 0.25) is 10.0 Å². The number of aliphatic imine (C=N–C) groups is 1. The Balaban J connectivity index is 0.00000450. The highest BCUT2D eigenvalue weighted by Gasteiger charge is 2.14. The van der Waals surface area contributed by atoms with Crippen molar-refractivity contribution in [3.05, 3.63) is 41.3 Å². The Hall–Kier alpha value is -1.57. The summed E-state index contributed by atoms with van der Waals surface area (Å²) >= 11 is 1.19. The Morgan fingerprint density at radius 1 is 1.23 bits per heavy atom. The first-order chi connectivity index (χ1) is 13.9. The normalized spacial score (nSPS) is 11.5. The molecule has 1 aromatic carbocycles. The van der Waals surface area contributed by atoms with Gasteiger partial charge in [-0.05, 0) is 30.5 Å². The van der Waals surface area contributed by atoms with Gasteiger partial charge in [0.05, 0.1) is 20.8 Å². The number of nitrogens with zero attached hydrogens (tertiary/aromatic N) is 2. The highest BCUT2D eigenvalue weighted by molar-refractivity contribution is 14.0. The Morgan fingerprint density at radius 2 is 2.00 bits per heavy atom. The van der Waals surface area contributed by atoms with E-state index in [0.717, 1.165) is 17.1 Å². The van der Waals surface area contributed by atoms with Gasteiger partial charge in [-0.3, -0.25) is 4.99 Å². The zero-order valence-electron chi connectivity index (χ0n) is 17.5. The number of hydrogen-bond acceptors (Lipinski definition) is 6. The third-order valence-corrected chi connectivity index (χ3v) is 6.88. The number of benzene rings is 1. The van der Waals surface area contributed by atoms with Gasteiger partial charge in [-0.2, -0.15) is 0 Å². The van der Waals surface area contributed by atoms with Crippen LogP contribution >= 0.6 is 35.3 Å². The van der Waals surface area contributed by atoms with Gasteiger partial charge in [-0.15, -0.1) is 35.3 Å². The van der Waals surface area contributed by atoms with Gasteiger partial charge in [0.1, 0.15) is 15.7 Å². The second-order valence-corrected chi connectivity index (χ2v) is 9.04. The molecule has 0 fully saturated rings. The molecule has 2 aromatic rings. The molecule has 0 spiro atoms. The highest BCUT2D eigenvalue weighted by Crippen LogP contribution is 2.25. The molecule has 1 aromatic heterocycles. The Bertz CT molecular complexity index is 905. The maximum Gasteiger partial charge on any atom is 0.250 e. The van der Waals surface area contributed by atoms with Crippen LogP contribution in [0.3, 0.4) is 0 Å². The van der Waals surface area contributed by atoms with Crippen molar-refractivity contribution < 1.29 is 17.9 Å². The number of methoxy groups -OCH3 is 2. The van der Waals surface area contributed by atoms with Crippen LogP contribution in [-0.2, 0) is 16.6 Å². The van der Waals surface area contributed by atoms with Gasteiger partial charge in [-0.1, -0.05) is 6.07 Å². The third kappa shape index (κ3) is 7.60. The standard InChI is InChI=1S/C19H28N4O4S2.HI/c1-5-20-19(21-10-11-22-29(24,25)18-7-6-12-28-18)23(2)14-15-8-9-16(26-3)13-17(15)27-4;/h6-9,12-13,22H,5,10-11,14H2,1-4H3,(H,20,21);1H. The highest BCUT2D eigenvalue weighted by atomic mass is 127. The summed E-state index contributed by atoms with van der Waals surface area (Å²) in [5.74, 6) is 2.14. The average Bonchev–Trinajstić information content (AvgIpc) is 3.26. The van der Waals surface area contributed by atoms with Gasteiger partial charge >= 0.3 is 0 Å². The van der Waals surface area contributed by atoms with Crippen LogP contribution in [0, 0.1) is 0 Å². The lowest BCUT2D eigenvalue weighted by Crippen LogP contribution is -2.39.